The average Bonchev–Trinajstić information content (AvgIpc) is 3.42. The summed E-state index contributed by atoms with van der Waals surface area (Å²) in [5.41, 5.74) is 2.45. The van der Waals surface area contributed by atoms with Gasteiger partial charge in [-0.25, -0.2) is 18.4 Å². The molecule has 8 nitrogen and oxygen atoms in total. The number of benzene rings is 2. The number of hydrogen-bond acceptors (Lipinski definition) is 5. The summed E-state index contributed by atoms with van der Waals surface area (Å²) in [7, 11) is 1.22. The minimum Gasteiger partial charge on any atom is -0.479 e. The van der Waals surface area contributed by atoms with E-state index in [4.69, 9.17) is 9.47 Å². The molecule has 4 rings (SSSR count). The number of methoxy groups -OCH3 is 1. The molecule has 2 amide bonds. The van der Waals surface area contributed by atoms with Gasteiger partial charge in [0.05, 0.1) is 6.54 Å². The highest BCUT2D eigenvalue weighted by molar-refractivity contribution is 5.88. The molecule has 1 saturated heterocycles. The van der Waals surface area contributed by atoms with E-state index >= 15 is 0 Å². The van der Waals surface area contributed by atoms with Crippen LogP contribution in [0, 0.1) is 0 Å². The van der Waals surface area contributed by atoms with Crippen LogP contribution >= 0.6 is 0 Å². The highest BCUT2D eigenvalue weighted by Gasteiger charge is 2.48. The van der Waals surface area contributed by atoms with Crippen molar-refractivity contribution >= 4 is 18.0 Å². The second-order valence-electron chi connectivity index (χ2n) is 8.66. The van der Waals surface area contributed by atoms with Crippen LogP contribution in [0.4, 0.5) is 13.6 Å². The van der Waals surface area contributed by atoms with Crippen LogP contribution in [0.1, 0.15) is 29.9 Å². The Bertz CT molecular complexity index is 1080. The van der Waals surface area contributed by atoms with Crippen molar-refractivity contribution < 1.29 is 37.7 Å². The van der Waals surface area contributed by atoms with Gasteiger partial charge in [-0.15, -0.1) is 0 Å². The number of nitrogens with zero attached hydrogens (tertiary/aromatic N) is 1. The number of carbonyl (C=O) groups excluding carboxylic acids is 2. The van der Waals surface area contributed by atoms with Gasteiger partial charge in [0.25, 0.3) is 0 Å². The van der Waals surface area contributed by atoms with E-state index in [2.05, 4.69) is 5.32 Å². The first-order valence-electron chi connectivity index (χ1n) is 11.2. The molecule has 35 heavy (non-hydrogen) atoms. The number of nitrogens with one attached hydrogen (secondary N) is 1. The lowest BCUT2D eigenvalue weighted by Crippen LogP contribution is -2.51. The van der Waals surface area contributed by atoms with Gasteiger partial charge in [0.15, 0.2) is 5.60 Å². The van der Waals surface area contributed by atoms with Gasteiger partial charge in [0.2, 0.25) is 12.3 Å². The Balaban J connectivity index is 1.43. The van der Waals surface area contributed by atoms with Crippen molar-refractivity contribution in [3.8, 4) is 11.1 Å². The molecule has 2 aromatic carbocycles. The van der Waals surface area contributed by atoms with E-state index in [1.54, 1.807) is 0 Å². The summed E-state index contributed by atoms with van der Waals surface area (Å²) >= 11 is 0. The monoisotopic (exact) mass is 488 g/mol. The Labute approximate surface area is 200 Å². The molecule has 2 aromatic rings. The highest BCUT2D eigenvalue weighted by atomic mass is 19.3. The molecule has 2 aliphatic rings. The van der Waals surface area contributed by atoms with E-state index in [9.17, 15) is 28.3 Å². The second kappa shape index (κ2) is 9.99. The first-order chi connectivity index (χ1) is 16.8. The molecule has 186 valence electrons. The first-order valence-corrected chi connectivity index (χ1v) is 11.2. The SMILES string of the molecule is COC1(C(=O)O)CCN(C(=O)C(CC(F)F)NC(=O)OCC2c3ccccc3-c3ccccc32)C1. The van der Waals surface area contributed by atoms with E-state index in [1.165, 1.54) is 7.11 Å². The number of hydrogen-bond donors (Lipinski definition) is 2. The third-order valence-electron chi connectivity index (χ3n) is 6.67. The molecule has 10 heteroatoms. The van der Waals surface area contributed by atoms with Crippen molar-refractivity contribution in [1.29, 1.82) is 0 Å². The van der Waals surface area contributed by atoms with E-state index in [-0.39, 0.29) is 32.0 Å². The lowest BCUT2D eigenvalue weighted by Gasteiger charge is -2.26. The van der Waals surface area contributed by atoms with E-state index < -0.39 is 42.5 Å². The fourth-order valence-electron chi connectivity index (χ4n) is 4.80. The molecule has 0 saturated carbocycles. The van der Waals surface area contributed by atoms with Crippen LogP contribution in [-0.2, 0) is 19.1 Å². The minimum atomic E-state index is -2.87. The normalized spacial score (nSPS) is 19.8. The van der Waals surface area contributed by atoms with Gasteiger partial charge >= 0.3 is 12.1 Å². The number of alkyl carbamates (subject to hydrolysis) is 1. The summed E-state index contributed by atoms with van der Waals surface area (Å²) in [5.74, 6) is -2.28. The van der Waals surface area contributed by atoms with Crippen molar-refractivity contribution in [3.63, 3.8) is 0 Å². The fraction of sp³-hybridized carbons (Fsp3) is 0.400. The summed E-state index contributed by atoms with van der Waals surface area (Å²) in [4.78, 5) is 38.1. The molecule has 0 radical (unpaired) electrons. The number of rotatable bonds is 8. The zero-order valence-electron chi connectivity index (χ0n) is 19.1. The molecule has 1 aliphatic carbocycles. The van der Waals surface area contributed by atoms with Gasteiger partial charge in [-0.2, -0.15) is 0 Å². The fourth-order valence-corrected chi connectivity index (χ4v) is 4.80. The number of aliphatic carboxylic acids is 1. The topological polar surface area (TPSA) is 105 Å². The number of carbonyl (C=O) groups is 3. The van der Waals surface area contributed by atoms with Crippen molar-refractivity contribution in [2.45, 2.75) is 36.8 Å². The number of halogens is 2. The zero-order valence-corrected chi connectivity index (χ0v) is 19.1. The lowest BCUT2D eigenvalue weighted by molar-refractivity contribution is -0.161. The number of fused-ring (bicyclic) bond motifs is 3. The van der Waals surface area contributed by atoms with Gasteiger partial charge in [0.1, 0.15) is 12.6 Å². The quantitative estimate of drug-likeness (QED) is 0.591. The molecular formula is C25H26F2N2O6. The maximum atomic E-state index is 13.2. The van der Waals surface area contributed by atoms with Gasteiger partial charge in [-0.3, -0.25) is 4.79 Å². The summed E-state index contributed by atoms with van der Waals surface area (Å²) in [6.45, 7) is -0.334. The largest absolute Gasteiger partial charge is 0.479 e. The van der Waals surface area contributed by atoms with Crippen molar-refractivity contribution in [3.05, 3.63) is 59.7 Å². The number of carboxylic acids is 1. The second-order valence-corrected chi connectivity index (χ2v) is 8.66. The van der Waals surface area contributed by atoms with Crippen molar-refractivity contribution in [2.75, 3.05) is 26.8 Å². The lowest BCUT2D eigenvalue weighted by atomic mass is 9.98. The maximum absolute atomic E-state index is 13.2. The average molecular weight is 488 g/mol. The van der Waals surface area contributed by atoms with E-state index in [0.717, 1.165) is 27.2 Å². The van der Waals surface area contributed by atoms with Crippen LogP contribution in [0.5, 0.6) is 0 Å². The number of alkyl halides is 2. The molecule has 1 fully saturated rings. The smallest absolute Gasteiger partial charge is 0.407 e. The molecule has 2 N–H and O–H groups in total. The van der Waals surface area contributed by atoms with Crippen LogP contribution in [0.2, 0.25) is 0 Å². The Kier molecular flexibility index (Phi) is 7.02. The number of ether oxygens (including phenoxy) is 2. The Morgan fingerprint density at radius 2 is 1.71 bits per heavy atom. The highest BCUT2D eigenvalue weighted by Crippen LogP contribution is 2.44. The van der Waals surface area contributed by atoms with Gasteiger partial charge < -0.3 is 24.8 Å². The summed E-state index contributed by atoms with van der Waals surface area (Å²) in [6, 6.07) is 13.9. The molecule has 2 atom stereocenters. The molecule has 1 heterocycles. The number of likely N-dealkylation sites (tertiary alicyclic amines) is 1. The summed E-state index contributed by atoms with van der Waals surface area (Å²) < 4.78 is 36.9. The molecule has 0 spiro atoms. The molecule has 2 unspecified atom stereocenters. The molecular weight excluding hydrogens is 462 g/mol. The van der Waals surface area contributed by atoms with Crippen LogP contribution in [0.25, 0.3) is 11.1 Å². The van der Waals surface area contributed by atoms with Gasteiger partial charge in [-0.1, -0.05) is 48.5 Å². The summed E-state index contributed by atoms with van der Waals surface area (Å²) in [5, 5.41) is 11.7. The van der Waals surface area contributed by atoms with Crippen LogP contribution < -0.4 is 5.32 Å². The summed E-state index contributed by atoms with van der Waals surface area (Å²) in [6.07, 6.45) is -4.78. The molecule has 0 bridgehead atoms. The third kappa shape index (κ3) is 4.84. The van der Waals surface area contributed by atoms with Crippen molar-refractivity contribution in [2.24, 2.45) is 0 Å². The first kappa shape index (κ1) is 24.6. The maximum Gasteiger partial charge on any atom is 0.407 e. The standard InChI is InChI=1S/C25H26F2N2O6/c1-34-25(23(31)32)10-11-29(14-25)22(30)20(12-21(26)27)28-24(33)35-13-19-17-8-4-2-6-15(17)16-7-3-5-9-18(16)19/h2-9,19-21H,10-14H2,1H3,(H,28,33)(H,31,32). The Morgan fingerprint density at radius 3 is 2.23 bits per heavy atom. The number of carboxylic acid groups (broad SMARTS) is 1. The number of amides is 2. The van der Waals surface area contributed by atoms with Crippen LogP contribution in [0.3, 0.4) is 0 Å². The predicted molar refractivity (Wildman–Crippen MR) is 121 cm³/mol. The third-order valence-corrected chi connectivity index (χ3v) is 6.67. The Morgan fingerprint density at radius 1 is 1.11 bits per heavy atom. The van der Waals surface area contributed by atoms with Gasteiger partial charge in [-0.05, 0) is 22.3 Å². The van der Waals surface area contributed by atoms with Crippen LogP contribution in [-0.4, -0.2) is 72.9 Å². The van der Waals surface area contributed by atoms with Crippen LogP contribution in [0.15, 0.2) is 48.5 Å². The van der Waals surface area contributed by atoms with Crippen molar-refractivity contribution in [1.82, 2.24) is 10.2 Å². The zero-order chi connectivity index (χ0) is 25.2. The predicted octanol–water partition coefficient (Wildman–Crippen LogP) is 3.25. The Hall–Kier alpha value is -3.53. The molecule has 0 aromatic heterocycles. The van der Waals surface area contributed by atoms with E-state index in [1.807, 2.05) is 48.5 Å². The molecule has 1 aliphatic heterocycles. The van der Waals surface area contributed by atoms with E-state index in [0.29, 0.717) is 0 Å². The van der Waals surface area contributed by atoms with Gasteiger partial charge in [0, 0.05) is 32.4 Å². The minimum absolute atomic E-state index is 0.00504.